The Bertz CT molecular complexity index is 686. The van der Waals surface area contributed by atoms with Gasteiger partial charge in [0.25, 0.3) is 12.4 Å². The minimum Gasteiger partial charge on any atom is -0.467 e. The number of carbonyl (C=O) groups excluding carboxylic acids is 1. The Hall–Kier alpha value is -1.90. The van der Waals surface area contributed by atoms with Gasteiger partial charge >= 0.3 is 0 Å². The van der Waals surface area contributed by atoms with Crippen LogP contribution in [0.25, 0.3) is 11.5 Å². The van der Waals surface area contributed by atoms with Crippen LogP contribution in [0.3, 0.4) is 0 Å². The quantitative estimate of drug-likeness (QED) is 0.400. The highest BCUT2D eigenvalue weighted by molar-refractivity contribution is 7.98. The van der Waals surface area contributed by atoms with Crippen molar-refractivity contribution in [3.05, 3.63) is 30.1 Å². The predicted molar refractivity (Wildman–Crippen MR) is 95.2 cm³/mol. The second-order valence-corrected chi connectivity index (χ2v) is 6.71. The van der Waals surface area contributed by atoms with Gasteiger partial charge in [0, 0.05) is 43.2 Å². The lowest BCUT2D eigenvalue weighted by Crippen LogP contribution is -2.46. The first-order valence-corrected chi connectivity index (χ1v) is 9.48. The minimum atomic E-state index is 0.451. The first-order valence-electron chi connectivity index (χ1n) is 8.25. The molecule has 1 fully saturated rings. The number of thioether (sulfide) groups is 1. The van der Waals surface area contributed by atoms with Gasteiger partial charge in [0.2, 0.25) is 0 Å². The van der Waals surface area contributed by atoms with Crippen molar-refractivity contribution in [3.8, 4) is 11.5 Å². The molecule has 1 aromatic carbocycles. The van der Waals surface area contributed by atoms with Crippen molar-refractivity contribution in [1.82, 2.24) is 19.9 Å². The SMILES string of the molecule is CSc1cccc(-c2nc(CN3CCN(CCOC=O)CC3)no2)c1. The summed E-state index contributed by atoms with van der Waals surface area (Å²) in [5.41, 5.74) is 0.950. The van der Waals surface area contributed by atoms with Crippen LogP contribution in [0.4, 0.5) is 0 Å². The lowest BCUT2D eigenvalue weighted by Gasteiger charge is -2.33. The standard InChI is InChI=1S/C17H22N4O3S/c1-25-15-4-2-3-14(11-15)17-18-16(19-24-17)12-21-7-5-20(6-8-21)9-10-23-13-22/h2-4,11,13H,5-10,12H2,1H3. The molecule has 2 aromatic rings. The number of piperazine rings is 1. The zero-order chi connectivity index (χ0) is 17.5. The maximum Gasteiger partial charge on any atom is 0.293 e. The van der Waals surface area contributed by atoms with Gasteiger partial charge in [-0.25, -0.2) is 0 Å². The maximum atomic E-state index is 10.2. The molecule has 1 saturated heterocycles. The Morgan fingerprint density at radius 3 is 2.84 bits per heavy atom. The largest absolute Gasteiger partial charge is 0.467 e. The van der Waals surface area contributed by atoms with Gasteiger partial charge in [-0.1, -0.05) is 11.2 Å². The molecule has 1 aromatic heterocycles. The molecule has 0 saturated carbocycles. The van der Waals surface area contributed by atoms with Crippen LogP contribution in [0, 0.1) is 0 Å². The second-order valence-electron chi connectivity index (χ2n) is 5.83. The van der Waals surface area contributed by atoms with Crippen LogP contribution in [0.15, 0.2) is 33.7 Å². The van der Waals surface area contributed by atoms with E-state index in [4.69, 9.17) is 9.26 Å². The lowest BCUT2D eigenvalue weighted by molar-refractivity contribution is -0.129. The molecule has 0 amide bonds. The van der Waals surface area contributed by atoms with Gasteiger partial charge in [0.05, 0.1) is 6.54 Å². The lowest BCUT2D eigenvalue weighted by atomic mass is 10.2. The molecule has 0 unspecified atom stereocenters. The fourth-order valence-corrected chi connectivity index (χ4v) is 3.25. The highest BCUT2D eigenvalue weighted by Gasteiger charge is 2.19. The number of hydrogen-bond donors (Lipinski definition) is 0. The van der Waals surface area contributed by atoms with Crippen LogP contribution >= 0.6 is 11.8 Å². The fraction of sp³-hybridized carbons (Fsp3) is 0.471. The number of nitrogens with zero attached hydrogens (tertiary/aromatic N) is 4. The molecule has 1 aliphatic heterocycles. The molecule has 0 spiro atoms. The van der Waals surface area contributed by atoms with Gasteiger partial charge < -0.3 is 9.26 Å². The van der Waals surface area contributed by atoms with Crippen LogP contribution < -0.4 is 0 Å². The molecule has 8 heteroatoms. The number of ether oxygens (including phenoxy) is 1. The van der Waals surface area contributed by atoms with Gasteiger partial charge in [-0.3, -0.25) is 14.6 Å². The Morgan fingerprint density at radius 2 is 2.08 bits per heavy atom. The molecule has 7 nitrogen and oxygen atoms in total. The summed E-state index contributed by atoms with van der Waals surface area (Å²) in [7, 11) is 0. The Labute approximate surface area is 151 Å². The van der Waals surface area contributed by atoms with Crippen LogP contribution in [0.1, 0.15) is 5.82 Å². The van der Waals surface area contributed by atoms with E-state index in [0.29, 0.717) is 31.3 Å². The van der Waals surface area contributed by atoms with Crippen molar-refractivity contribution in [2.24, 2.45) is 0 Å². The smallest absolute Gasteiger partial charge is 0.293 e. The number of carbonyl (C=O) groups is 1. The minimum absolute atomic E-state index is 0.451. The summed E-state index contributed by atoms with van der Waals surface area (Å²) in [6.45, 7) is 6.19. The van der Waals surface area contributed by atoms with Crippen molar-refractivity contribution in [3.63, 3.8) is 0 Å². The topological polar surface area (TPSA) is 71.7 Å². The molecule has 1 aliphatic rings. The Balaban J connectivity index is 1.51. The molecule has 0 N–H and O–H groups in total. The highest BCUT2D eigenvalue weighted by Crippen LogP contribution is 2.23. The average Bonchev–Trinajstić information content (AvgIpc) is 3.12. The number of rotatable bonds is 8. The normalized spacial score (nSPS) is 16.0. The first kappa shape index (κ1) is 17.9. The van der Waals surface area contributed by atoms with Crippen LogP contribution in [-0.2, 0) is 16.1 Å². The summed E-state index contributed by atoms with van der Waals surface area (Å²) in [5.74, 6) is 1.28. The number of benzene rings is 1. The van der Waals surface area contributed by atoms with Crippen molar-refractivity contribution in [2.75, 3.05) is 45.6 Å². The monoisotopic (exact) mass is 362 g/mol. The molecule has 0 bridgehead atoms. The van der Waals surface area contributed by atoms with Crippen molar-refractivity contribution < 1.29 is 14.1 Å². The highest BCUT2D eigenvalue weighted by atomic mass is 32.2. The van der Waals surface area contributed by atoms with Crippen molar-refractivity contribution in [1.29, 1.82) is 0 Å². The van der Waals surface area contributed by atoms with E-state index in [1.807, 2.05) is 18.4 Å². The third-order valence-corrected chi connectivity index (χ3v) is 4.93. The maximum absolute atomic E-state index is 10.2. The van der Waals surface area contributed by atoms with Gasteiger partial charge in [0.1, 0.15) is 6.61 Å². The Kier molecular flexibility index (Phi) is 6.43. The first-order chi connectivity index (χ1) is 12.3. The molecule has 3 rings (SSSR count). The summed E-state index contributed by atoms with van der Waals surface area (Å²) in [4.78, 5) is 20.5. The van der Waals surface area contributed by atoms with E-state index in [9.17, 15) is 4.79 Å². The van der Waals surface area contributed by atoms with E-state index in [0.717, 1.165) is 38.3 Å². The van der Waals surface area contributed by atoms with E-state index in [2.05, 4.69) is 32.1 Å². The van der Waals surface area contributed by atoms with Crippen molar-refractivity contribution in [2.45, 2.75) is 11.4 Å². The summed E-state index contributed by atoms with van der Waals surface area (Å²) >= 11 is 1.69. The van der Waals surface area contributed by atoms with Gasteiger partial charge in [0.15, 0.2) is 5.82 Å². The third kappa shape index (κ3) is 5.04. The molecule has 2 heterocycles. The van der Waals surface area contributed by atoms with Crippen LogP contribution in [0.2, 0.25) is 0 Å². The van der Waals surface area contributed by atoms with Gasteiger partial charge in [-0.2, -0.15) is 4.98 Å². The molecular weight excluding hydrogens is 340 g/mol. The van der Waals surface area contributed by atoms with Gasteiger partial charge in [-0.05, 0) is 24.5 Å². The average molecular weight is 362 g/mol. The van der Waals surface area contributed by atoms with Crippen LogP contribution in [0.5, 0.6) is 0 Å². The molecule has 134 valence electrons. The second kappa shape index (κ2) is 8.98. The van der Waals surface area contributed by atoms with Crippen molar-refractivity contribution >= 4 is 18.2 Å². The van der Waals surface area contributed by atoms with E-state index in [1.165, 1.54) is 4.90 Å². The third-order valence-electron chi connectivity index (χ3n) is 4.21. The summed E-state index contributed by atoms with van der Waals surface area (Å²) in [6.07, 6.45) is 2.04. The van der Waals surface area contributed by atoms with E-state index in [-0.39, 0.29) is 0 Å². The number of aromatic nitrogens is 2. The van der Waals surface area contributed by atoms with E-state index >= 15 is 0 Å². The summed E-state index contributed by atoms with van der Waals surface area (Å²) in [5, 5.41) is 4.11. The summed E-state index contributed by atoms with van der Waals surface area (Å²) < 4.78 is 10.2. The van der Waals surface area contributed by atoms with E-state index < -0.39 is 0 Å². The molecular formula is C17H22N4O3S. The molecule has 0 aliphatic carbocycles. The Morgan fingerprint density at radius 1 is 1.28 bits per heavy atom. The van der Waals surface area contributed by atoms with Gasteiger partial charge in [-0.15, -0.1) is 11.8 Å². The van der Waals surface area contributed by atoms with Crippen LogP contribution in [-0.4, -0.2) is 72.0 Å². The predicted octanol–water partition coefficient (Wildman–Crippen LogP) is 1.75. The molecule has 0 radical (unpaired) electrons. The summed E-state index contributed by atoms with van der Waals surface area (Å²) in [6, 6.07) is 8.10. The molecule has 25 heavy (non-hydrogen) atoms. The molecule has 0 atom stereocenters. The zero-order valence-corrected chi connectivity index (χ0v) is 15.1. The van der Waals surface area contributed by atoms with E-state index in [1.54, 1.807) is 11.8 Å². The number of hydrogen-bond acceptors (Lipinski definition) is 8. The fourth-order valence-electron chi connectivity index (χ4n) is 2.79. The zero-order valence-electron chi connectivity index (χ0n) is 14.3.